The first-order valence-electron chi connectivity index (χ1n) is 8.35. The van der Waals surface area contributed by atoms with E-state index in [1.165, 1.54) is 6.92 Å². The highest BCUT2D eigenvalue weighted by molar-refractivity contribution is 5.70. The number of imidazole rings is 1. The molecule has 0 amide bonds. The number of nitrogens with zero attached hydrogens (tertiary/aromatic N) is 3. The van der Waals surface area contributed by atoms with Gasteiger partial charge < -0.3 is 4.74 Å². The highest BCUT2D eigenvalue weighted by atomic mass is 16.5. The fourth-order valence-corrected chi connectivity index (χ4v) is 2.89. The molecular formula is C21H17N3O2. The summed E-state index contributed by atoms with van der Waals surface area (Å²) in [6, 6.07) is 19.8. The standard InChI is InChI=1S/C21H17N3O2/c1-15(25)26-21-18(12-16-8-4-2-5-9-16)23-20-13-22-19(14-24(20)21)17-10-6-3-7-11-17/h2-11,13-14H,12H2,1H3. The van der Waals surface area contributed by atoms with Crippen molar-refractivity contribution in [3.05, 3.63) is 84.3 Å². The second kappa shape index (κ2) is 6.80. The predicted molar refractivity (Wildman–Crippen MR) is 99.0 cm³/mol. The summed E-state index contributed by atoms with van der Waals surface area (Å²) in [7, 11) is 0. The second-order valence-electron chi connectivity index (χ2n) is 5.99. The van der Waals surface area contributed by atoms with E-state index in [-0.39, 0.29) is 5.97 Å². The Balaban J connectivity index is 1.83. The molecule has 4 aromatic rings. The van der Waals surface area contributed by atoms with E-state index in [4.69, 9.17) is 4.74 Å². The largest absolute Gasteiger partial charge is 0.407 e. The molecule has 0 atom stereocenters. The Bertz CT molecular complexity index is 1060. The molecule has 0 bridgehead atoms. The van der Waals surface area contributed by atoms with Gasteiger partial charge >= 0.3 is 5.97 Å². The highest BCUT2D eigenvalue weighted by Gasteiger charge is 2.17. The molecule has 0 spiro atoms. The van der Waals surface area contributed by atoms with Crippen LogP contribution >= 0.6 is 0 Å². The lowest BCUT2D eigenvalue weighted by atomic mass is 10.1. The minimum atomic E-state index is -0.376. The molecular weight excluding hydrogens is 326 g/mol. The van der Waals surface area contributed by atoms with Crippen LogP contribution < -0.4 is 4.74 Å². The first kappa shape index (κ1) is 16.0. The normalized spacial score (nSPS) is 10.8. The molecule has 5 heteroatoms. The lowest BCUT2D eigenvalue weighted by Crippen LogP contribution is -2.06. The van der Waals surface area contributed by atoms with E-state index in [0.29, 0.717) is 23.6 Å². The van der Waals surface area contributed by atoms with Gasteiger partial charge in [0.25, 0.3) is 0 Å². The fourth-order valence-electron chi connectivity index (χ4n) is 2.89. The van der Waals surface area contributed by atoms with Crippen molar-refractivity contribution in [2.24, 2.45) is 0 Å². The molecule has 0 saturated carbocycles. The molecule has 2 heterocycles. The molecule has 4 rings (SSSR count). The minimum absolute atomic E-state index is 0.376. The highest BCUT2D eigenvalue weighted by Crippen LogP contribution is 2.26. The summed E-state index contributed by atoms with van der Waals surface area (Å²) in [5, 5.41) is 0. The Hall–Kier alpha value is -3.47. The third-order valence-corrected chi connectivity index (χ3v) is 4.06. The van der Waals surface area contributed by atoms with Gasteiger partial charge in [-0.15, -0.1) is 0 Å². The molecule has 0 aliphatic carbocycles. The Labute approximate surface area is 150 Å². The molecule has 2 aromatic heterocycles. The third-order valence-electron chi connectivity index (χ3n) is 4.06. The van der Waals surface area contributed by atoms with Crippen molar-refractivity contribution >= 4 is 11.6 Å². The van der Waals surface area contributed by atoms with E-state index in [1.807, 2.05) is 66.9 Å². The molecule has 0 radical (unpaired) electrons. The van der Waals surface area contributed by atoms with Gasteiger partial charge in [-0.3, -0.25) is 14.2 Å². The predicted octanol–water partition coefficient (Wildman–Crippen LogP) is 3.91. The van der Waals surface area contributed by atoms with Crippen molar-refractivity contribution in [2.75, 3.05) is 0 Å². The first-order chi connectivity index (χ1) is 12.7. The summed E-state index contributed by atoms with van der Waals surface area (Å²) in [4.78, 5) is 20.7. The smallest absolute Gasteiger partial charge is 0.309 e. The quantitative estimate of drug-likeness (QED) is 0.527. The van der Waals surface area contributed by atoms with Gasteiger partial charge in [0.15, 0.2) is 5.65 Å². The Kier molecular flexibility index (Phi) is 4.19. The number of fused-ring (bicyclic) bond motifs is 1. The van der Waals surface area contributed by atoms with Crippen molar-refractivity contribution in [1.82, 2.24) is 14.4 Å². The van der Waals surface area contributed by atoms with Crippen LogP contribution in [0.4, 0.5) is 0 Å². The monoisotopic (exact) mass is 343 g/mol. The minimum Gasteiger partial charge on any atom is -0.407 e. The molecule has 128 valence electrons. The van der Waals surface area contributed by atoms with Gasteiger partial charge in [0.1, 0.15) is 5.69 Å². The summed E-state index contributed by atoms with van der Waals surface area (Å²) in [6.45, 7) is 1.39. The van der Waals surface area contributed by atoms with Gasteiger partial charge in [0.05, 0.1) is 11.9 Å². The number of carbonyl (C=O) groups is 1. The van der Waals surface area contributed by atoms with Crippen LogP contribution in [0, 0.1) is 0 Å². The summed E-state index contributed by atoms with van der Waals surface area (Å²) in [6.07, 6.45) is 4.13. The summed E-state index contributed by atoms with van der Waals surface area (Å²) in [5.74, 6) is 0.0649. The average Bonchev–Trinajstić information content (AvgIpc) is 2.99. The maximum absolute atomic E-state index is 11.6. The fraction of sp³-hybridized carbons (Fsp3) is 0.0952. The van der Waals surface area contributed by atoms with Crippen molar-refractivity contribution in [3.63, 3.8) is 0 Å². The molecule has 5 nitrogen and oxygen atoms in total. The number of hydrogen-bond acceptors (Lipinski definition) is 4. The number of carbonyl (C=O) groups excluding carboxylic acids is 1. The molecule has 2 aromatic carbocycles. The van der Waals surface area contributed by atoms with Gasteiger partial charge in [-0.25, -0.2) is 4.98 Å². The summed E-state index contributed by atoms with van der Waals surface area (Å²) < 4.78 is 7.28. The zero-order chi connectivity index (χ0) is 17.9. The van der Waals surface area contributed by atoms with Crippen LogP contribution in [0.3, 0.4) is 0 Å². The molecule has 0 N–H and O–H groups in total. The Morgan fingerprint density at radius 2 is 1.73 bits per heavy atom. The number of esters is 1. The van der Waals surface area contributed by atoms with Crippen LogP contribution in [0.1, 0.15) is 18.2 Å². The van der Waals surface area contributed by atoms with E-state index >= 15 is 0 Å². The van der Waals surface area contributed by atoms with E-state index in [2.05, 4.69) is 9.97 Å². The van der Waals surface area contributed by atoms with E-state index in [9.17, 15) is 4.79 Å². The number of rotatable bonds is 4. The molecule has 0 fully saturated rings. The van der Waals surface area contributed by atoms with E-state index in [1.54, 1.807) is 10.6 Å². The van der Waals surface area contributed by atoms with Crippen LogP contribution in [0.5, 0.6) is 5.88 Å². The first-order valence-corrected chi connectivity index (χ1v) is 8.35. The van der Waals surface area contributed by atoms with Crippen LogP contribution in [0.15, 0.2) is 73.1 Å². The van der Waals surface area contributed by atoms with Gasteiger partial charge in [-0.2, -0.15) is 0 Å². The zero-order valence-corrected chi connectivity index (χ0v) is 14.3. The third kappa shape index (κ3) is 3.19. The molecule has 26 heavy (non-hydrogen) atoms. The number of benzene rings is 2. The maximum Gasteiger partial charge on any atom is 0.309 e. The average molecular weight is 343 g/mol. The van der Waals surface area contributed by atoms with Crippen molar-refractivity contribution in [1.29, 1.82) is 0 Å². The molecule has 0 unspecified atom stereocenters. The number of aromatic nitrogens is 3. The molecule has 0 aliphatic rings. The van der Waals surface area contributed by atoms with Gasteiger partial charge in [-0.1, -0.05) is 60.7 Å². The van der Waals surface area contributed by atoms with E-state index in [0.717, 1.165) is 16.8 Å². The Morgan fingerprint density at radius 3 is 2.42 bits per heavy atom. The van der Waals surface area contributed by atoms with Crippen molar-refractivity contribution in [3.8, 4) is 17.1 Å². The number of hydrogen-bond donors (Lipinski definition) is 0. The van der Waals surface area contributed by atoms with E-state index < -0.39 is 0 Å². The van der Waals surface area contributed by atoms with Crippen LogP contribution in [0.25, 0.3) is 16.9 Å². The van der Waals surface area contributed by atoms with Crippen LogP contribution in [0.2, 0.25) is 0 Å². The van der Waals surface area contributed by atoms with Crippen molar-refractivity contribution < 1.29 is 9.53 Å². The molecule has 0 aliphatic heterocycles. The second-order valence-corrected chi connectivity index (χ2v) is 5.99. The molecule has 0 saturated heterocycles. The number of ether oxygens (including phenoxy) is 1. The van der Waals surface area contributed by atoms with Crippen LogP contribution in [-0.2, 0) is 11.2 Å². The summed E-state index contributed by atoms with van der Waals surface area (Å²) >= 11 is 0. The van der Waals surface area contributed by atoms with Gasteiger partial charge in [-0.05, 0) is 5.56 Å². The van der Waals surface area contributed by atoms with Gasteiger partial charge in [0.2, 0.25) is 5.88 Å². The zero-order valence-electron chi connectivity index (χ0n) is 14.3. The van der Waals surface area contributed by atoms with Gasteiger partial charge in [0, 0.05) is 25.1 Å². The lowest BCUT2D eigenvalue weighted by molar-refractivity contribution is -0.132. The van der Waals surface area contributed by atoms with Crippen molar-refractivity contribution in [2.45, 2.75) is 13.3 Å². The topological polar surface area (TPSA) is 56.5 Å². The Morgan fingerprint density at radius 1 is 1.04 bits per heavy atom. The maximum atomic E-state index is 11.6. The van der Waals surface area contributed by atoms with Crippen LogP contribution in [-0.4, -0.2) is 20.3 Å². The summed E-state index contributed by atoms with van der Waals surface area (Å²) in [5.41, 5.74) is 4.22. The SMILES string of the molecule is CC(=O)Oc1c(Cc2ccccc2)nc2cnc(-c3ccccc3)cn12. The lowest BCUT2D eigenvalue weighted by Gasteiger charge is -2.06.